The molecule has 0 radical (unpaired) electrons. The molecule has 0 amide bonds. The standard InChI is InChI=1S/C11H16N2O/c1-3-4-8-14-13-10(2)11-6-5-7-12-9-11/h5-7,9H,3-4,8H2,1-2H3/b13-10+. The van der Waals surface area contributed by atoms with Crippen molar-refractivity contribution < 1.29 is 4.84 Å². The fourth-order valence-corrected chi connectivity index (χ4v) is 0.981. The van der Waals surface area contributed by atoms with E-state index in [-0.39, 0.29) is 0 Å². The molecule has 0 spiro atoms. The third-order valence-electron chi connectivity index (χ3n) is 1.87. The highest BCUT2D eigenvalue weighted by molar-refractivity contribution is 5.97. The quantitative estimate of drug-likeness (QED) is 0.408. The van der Waals surface area contributed by atoms with Gasteiger partial charge >= 0.3 is 0 Å². The Morgan fingerprint density at radius 2 is 2.43 bits per heavy atom. The summed E-state index contributed by atoms with van der Waals surface area (Å²) < 4.78 is 0. The SMILES string of the molecule is CCCCO/N=C(\C)c1cccnc1. The first-order valence-corrected chi connectivity index (χ1v) is 4.91. The second-order valence-electron chi connectivity index (χ2n) is 3.11. The van der Waals surface area contributed by atoms with Gasteiger partial charge in [0.25, 0.3) is 0 Å². The van der Waals surface area contributed by atoms with Crippen molar-refractivity contribution in [3.63, 3.8) is 0 Å². The molecule has 1 aromatic heterocycles. The number of nitrogens with zero attached hydrogens (tertiary/aromatic N) is 2. The minimum Gasteiger partial charge on any atom is -0.396 e. The third kappa shape index (κ3) is 3.56. The summed E-state index contributed by atoms with van der Waals surface area (Å²) in [7, 11) is 0. The normalized spacial score (nSPS) is 11.4. The molecule has 14 heavy (non-hydrogen) atoms. The Balaban J connectivity index is 2.44. The van der Waals surface area contributed by atoms with Crippen molar-refractivity contribution in [1.82, 2.24) is 4.98 Å². The maximum atomic E-state index is 5.15. The van der Waals surface area contributed by atoms with Crippen molar-refractivity contribution in [2.45, 2.75) is 26.7 Å². The van der Waals surface area contributed by atoms with Gasteiger partial charge in [-0.05, 0) is 25.5 Å². The van der Waals surface area contributed by atoms with E-state index < -0.39 is 0 Å². The molecule has 0 N–H and O–H groups in total. The van der Waals surface area contributed by atoms with Crippen LogP contribution in [0.3, 0.4) is 0 Å². The molecule has 0 aromatic carbocycles. The lowest BCUT2D eigenvalue weighted by atomic mass is 10.2. The summed E-state index contributed by atoms with van der Waals surface area (Å²) in [5.41, 5.74) is 1.87. The summed E-state index contributed by atoms with van der Waals surface area (Å²) in [5, 5.41) is 4.01. The fourth-order valence-electron chi connectivity index (χ4n) is 0.981. The maximum absolute atomic E-state index is 5.15. The van der Waals surface area contributed by atoms with E-state index in [0.717, 1.165) is 24.1 Å². The molecular formula is C11H16N2O. The first-order chi connectivity index (χ1) is 6.84. The van der Waals surface area contributed by atoms with Crippen LogP contribution in [0.1, 0.15) is 32.3 Å². The van der Waals surface area contributed by atoms with E-state index in [0.29, 0.717) is 6.61 Å². The van der Waals surface area contributed by atoms with Gasteiger partial charge in [0.2, 0.25) is 0 Å². The van der Waals surface area contributed by atoms with E-state index in [1.807, 2.05) is 19.1 Å². The predicted octanol–water partition coefficient (Wildman–Crippen LogP) is 2.62. The Bertz CT molecular complexity index is 283. The molecule has 76 valence electrons. The van der Waals surface area contributed by atoms with E-state index in [4.69, 9.17) is 4.84 Å². The van der Waals surface area contributed by atoms with Crippen molar-refractivity contribution in [2.24, 2.45) is 5.16 Å². The number of oxime groups is 1. The fraction of sp³-hybridized carbons (Fsp3) is 0.455. The van der Waals surface area contributed by atoms with Crippen molar-refractivity contribution in [1.29, 1.82) is 0 Å². The van der Waals surface area contributed by atoms with Gasteiger partial charge in [-0.15, -0.1) is 0 Å². The first kappa shape index (κ1) is 10.7. The molecular weight excluding hydrogens is 176 g/mol. The lowest BCUT2D eigenvalue weighted by Gasteiger charge is -2.00. The van der Waals surface area contributed by atoms with Crippen LogP contribution in [-0.4, -0.2) is 17.3 Å². The van der Waals surface area contributed by atoms with Gasteiger partial charge in [-0.3, -0.25) is 4.98 Å². The highest BCUT2D eigenvalue weighted by atomic mass is 16.6. The Kier molecular flexibility index (Phi) is 4.69. The van der Waals surface area contributed by atoms with Gasteiger partial charge in [0.05, 0.1) is 5.71 Å². The topological polar surface area (TPSA) is 34.5 Å². The Labute approximate surface area is 84.8 Å². The largest absolute Gasteiger partial charge is 0.396 e. The van der Waals surface area contributed by atoms with Gasteiger partial charge in [-0.25, -0.2) is 0 Å². The van der Waals surface area contributed by atoms with Crippen LogP contribution in [-0.2, 0) is 4.84 Å². The van der Waals surface area contributed by atoms with E-state index in [1.54, 1.807) is 12.4 Å². The Morgan fingerprint density at radius 1 is 1.57 bits per heavy atom. The van der Waals surface area contributed by atoms with Crippen LogP contribution in [0, 0.1) is 0 Å². The predicted molar refractivity (Wildman–Crippen MR) is 57.3 cm³/mol. The molecule has 0 unspecified atom stereocenters. The zero-order valence-corrected chi connectivity index (χ0v) is 8.73. The zero-order chi connectivity index (χ0) is 10.2. The van der Waals surface area contributed by atoms with Gasteiger partial charge in [-0.1, -0.05) is 18.5 Å². The number of pyridine rings is 1. The second kappa shape index (κ2) is 6.13. The van der Waals surface area contributed by atoms with Crippen LogP contribution >= 0.6 is 0 Å². The summed E-state index contributed by atoms with van der Waals surface area (Å²) in [6.45, 7) is 4.73. The summed E-state index contributed by atoms with van der Waals surface area (Å²) in [4.78, 5) is 9.16. The molecule has 1 heterocycles. The molecule has 3 nitrogen and oxygen atoms in total. The minimum atomic E-state index is 0.689. The highest BCUT2D eigenvalue weighted by Gasteiger charge is 1.95. The smallest absolute Gasteiger partial charge is 0.117 e. The van der Waals surface area contributed by atoms with Crippen LogP contribution in [0.5, 0.6) is 0 Å². The summed E-state index contributed by atoms with van der Waals surface area (Å²) >= 11 is 0. The van der Waals surface area contributed by atoms with Gasteiger partial charge in [-0.2, -0.15) is 0 Å². The molecule has 0 aliphatic heterocycles. The molecule has 0 saturated heterocycles. The third-order valence-corrected chi connectivity index (χ3v) is 1.87. The van der Waals surface area contributed by atoms with Crippen LogP contribution in [0.15, 0.2) is 29.7 Å². The molecule has 3 heteroatoms. The lowest BCUT2D eigenvalue weighted by Crippen LogP contribution is -1.97. The minimum absolute atomic E-state index is 0.689. The summed E-state index contributed by atoms with van der Waals surface area (Å²) in [5.74, 6) is 0. The Morgan fingerprint density at radius 3 is 3.07 bits per heavy atom. The lowest BCUT2D eigenvalue weighted by molar-refractivity contribution is 0.141. The average molecular weight is 192 g/mol. The molecule has 1 rings (SSSR count). The number of aromatic nitrogens is 1. The molecule has 1 aromatic rings. The molecule has 0 saturated carbocycles. The summed E-state index contributed by atoms with van der Waals surface area (Å²) in [6, 6.07) is 3.86. The van der Waals surface area contributed by atoms with E-state index in [9.17, 15) is 0 Å². The number of rotatable bonds is 5. The number of hydrogen-bond acceptors (Lipinski definition) is 3. The van der Waals surface area contributed by atoms with Crippen molar-refractivity contribution in [3.8, 4) is 0 Å². The van der Waals surface area contributed by atoms with Gasteiger partial charge < -0.3 is 4.84 Å². The molecule has 0 aliphatic rings. The summed E-state index contributed by atoms with van der Waals surface area (Å²) in [6.07, 6.45) is 5.70. The van der Waals surface area contributed by atoms with Crippen LogP contribution in [0.4, 0.5) is 0 Å². The van der Waals surface area contributed by atoms with E-state index >= 15 is 0 Å². The molecule has 0 atom stereocenters. The Hall–Kier alpha value is -1.38. The maximum Gasteiger partial charge on any atom is 0.117 e. The van der Waals surface area contributed by atoms with Crippen molar-refractivity contribution in [2.75, 3.05) is 6.61 Å². The van der Waals surface area contributed by atoms with Crippen LogP contribution in [0.25, 0.3) is 0 Å². The van der Waals surface area contributed by atoms with Crippen LogP contribution < -0.4 is 0 Å². The number of hydrogen-bond donors (Lipinski definition) is 0. The molecule has 0 fully saturated rings. The van der Waals surface area contributed by atoms with E-state index in [2.05, 4.69) is 17.1 Å². The van der Waals surface area contributed by atoms with Crippen molar-refractivity contribution >= 4 is 5.71 Å². The highest BCUT2D eigenvalue weighted by Crippen LogP contribution is 1.99. The average Bonchev–Trinajstić information content (AvgIpc) is 2.25. The van der Waals surface area contributed by atoms with Crippen molar-refractivity contribution in [3.05, 3.63) is 30.1 Å². The first-order valence-electron chi connectivity index (χ1n) is 4.91. The van der Waals surface area contributed by atoms with Gasteiger partial charge in [0.15, 0.2) is 0 Å². The monoisotopic (exact) mass is 192 g/mol. The molecule has 0 bridgehead atoms. The van der Waals surface area contributed by atoms with E-state index in [1.165, 1.54) is 0 Å². The zero-order valence-electron chi connectivity index (χ0n) is 8.73. The number of unbranched alkanes of at least 4 members (excludes halogenated alkanes) is 1. The van der Waals surface area contributed by atoms with Crippen LogP contribution in [0.2, 0.25) is 0 Å². The van der Waals surface area contributed by atoms with Gasteiger partial charge in [0, 0.05) is 18.0 Å². The van der Waals surface area contributed by atoms with Gasteiger partial charge in [0.1, 0.15) is 6.61 Å². The molecule has 0 aliphatic carbocycles. The second-order valence-corrected chi connectivity index (χ2v) is 3.11.